The predicted octanol–water partition coefficient (Wildman–Crippen LogP) is 2.91. The van der Waals surface area contributed by atoms with Crippen molar-refractivity contribution in [3.63, 3.8) is 0 Å². The van der Waals surface area contributed by atoms with E-state index in [1.54, 1.807) is 11.3 Å². The first-order chi connectivity index (χ1) is 13.6. The number of ether oxygens (including phenoxy) is 1. The summed E-state index contributed by atoms with van der Waals surface area (Å²) in [6, 6.07) is 4.81. The molecule has 2 N–H and O–H groups in total. The number of aryl methyl sites for hydroxylation is 3. The van der Waals surface area contributed by atoms with Crippen LogP contribution in [0.15, 0.2) is 17.1 Å². The molecule has 3 heterocycles. The van der Waals surface area contributed by atoms with E-state index in [-0.39, 0.29) is 0 Å². The number of thiophene rings is 1. The van der Waals surface area contributed by atoms with Crippen LogP contribution in [0.3, 0.4) is 0 Å². The van der Waals surface area contributed by atoms with Gasteiger partial charge in [0, 0.05) is 54.3 Å². The minimum atomic E-state index is 0.340. The van der Waals surface area contributed by atoms with E-state index in [9.17, 15) is 0 Å². The Morgan fingerprint density at radius 1 is 1.21 bits per heavy atom. The quantitative estimate of drug-likeness (QED) is 0.532. The van der Waals surface area contributed by atoms with E-state index in [4.69, 9.17) is 4.74 Å². The smallest absolute Gasteiger partial charge is 0.191 e. The molecular formula is C20H31N5OS2. The Kier molecular flexibility index (Phi) is 7.84. The molecular weight excluding hydrogens is 390 g/mol. The van der Waals surface area contributed by atoms with Crippen LogP contribution in [0, 0.1) is 20.8 Å². The monoisotopic (exact) mass is 421 g/mol. The third-order valence-electron chi connectivity index (χ3n) is 4.91. The number of thiazole rings is 1. The Hall–Kier alpha value is -1.48. The van der Waals surface area contributed by atoms with Gasteiger partial charge in [0.1, 0.15) is 0 Å². The highest BCUT2D eigenvalue weighted by molar-refractivity contribution is 7.12. The fourth-order valence-corrected chi connectivity index (χ4v) is 5.39. The SMILES string of the molecule is CN=C(NCCc1sc(C)nc1C)NCC(c1ccc(C)s1)N1CCOCC1. The van der Waals surface area contributed by atoms with Crippen LogP contribution < -0.4 is 10.6 Å². The largest absolute Gasteiger partial charge is 0.379 e. The maximum atomic E-state index is 5.55. The van der Waals surface area contributed by atoms with E-state index in [0.29, 0.717) is 6.04 Å². The first-order valence-corrected chi connectivity index (χ1v) is 11.5. The van der Waals surface area contributed by atoms with Crippen LogP contribution in [-0.4, -0.2) is 62.3 Å². The van der Waals surface area contributed by atoms with Crippen LogP contribution in [0.1, 0.15) is 31.4 Å². The summed E-state index contributed by atoms with van der Waals surface area (Å²) in [4.78, 5) is 15.5. The maximum absolute atomic E-state index is 5.55. The number of morpholine rings is 1. The van der Waals surface area contributed by atoms with E-state index >= 15 is 0 Å². The lowest BCUT2D eigenvalue weighted by atomic mass is 10.2. The van der Waals surface area contributed by atoms with Gasteiger partial charge in [-0.2, -0.15) is 0 Å². The zero-order chi connectivity index (χ0) is 19.9. The lowest BCUT2D eigenvalue weighted by Gasteiger charge is -2.34. The predicted molar refractivity (Wildman–Crippen MR) is 119 cm³/mol. The van der Waals surface area contributed by atoms with Crippen LogP contribution >= 0.6 is 22.7 Å². The van der Waals surface area contributed by atoms with Crippen molar-refractivity contribution in [3.05, 3.63) is 37.5 Å². The molecule has 0 saturated carbocycles. The van der Waals surface area contributed by atoms with Gasteiger partial charge < -0.3 is 15.4 Å². The number of aliphatic imine (C=N–C) groups is 1. The van der Waals surface area contributed by atoms with Crippen LogP contribution in [-0.2, 0) is 11.2 Å². The number of rotatable bonds is 7. The van der Waals surface area contributed by atoms with Crippen molar-refractivity contribution < 1.29 is 4.74 Å². The molecule has 1 atom stereocenters. The van der Waals surface area contributed by atoms with Gasteiger partial charge in [-0.25, -0.2) is 4.98 Å². The number of hydrogen-bond acceptors (Lipinski definition) is 6. The summed E-state index contributed by atoms with van der Waals surface area (Å²) in [5.41, 5.74) is 1.15. The lowest BCUT2D eigenvalue weighted by molar-refractivity contribution is 0.0177. The number of hydrogen-bond donors (Lipinski definition) is 2. The number of nitrogens with zero attached hydrogens (tertiary/aromatic N) is 3. The summed E-state index contributed by atoms with van der Waals surface area (Å²) in [5.74, 6) is 0.852. The summed E-state index contributed by atoms with van der Waals surface area (Å²) < 4.78 is 5.55. The van der Waals surface area contributed by atoms with Crippen LogP contribution in [0.4, 0.5) is 0 Å². The van der Waals surface area contributed by atoms with Crippen molar-refractivity contribution in [2.45, 2.75) is 33.2 Å². The van der Waals surface area contributed by atoms with E-state index in [2.05, 4.69) is 58.4 Å². The highest BCUT2D eigenvalue weighted by Gasteiger charge is 2.24. The second-order valence-corrected chi connectivity index (χ2v) is 9.59. The summed E-state index contributed by atoms with van der Waals surface area (Å²) in [6.45, 7) is 11.6. The summed E-state index contributed by atoms with van der Waals surface area (Å²) in [5, 5.41) is 8.11. The molecule has 8 heteroatoms. The van der Waals surface area contributed by atoms with Crippen molar-refractivity contribution in [1.82, 2.24) is 20.5 Å². The van der Waals surface area contributed by atoms with Gasteiger partial charge in [0.2, 0.25) is 0 Å². The third-order valence-corrected chi connectivity index (χ3v) is 7.14. The van der Waals surface area contributed by atoms with Gasteiger partial charge in [-0.15, -0.1) is 22.7 Å². The fraction of sp³-hybridized carbons (Fsp3) is 0.600. The van der Waals surface area contributed by atoms with Crippen molar-refractivity contribution in [3.8, 4) is 0 Å². The first-order valence-electron chi connectivity index (χ1n) is 9.82. The number of aromatic nitrogens is 1. The molecule has 154 valence electrons. The zero-order valence-corrected chi connectivity index (χ0v) is 18.9. The Balaban J connectivity index is 1.55. The van der Waals surface area contributed by atoms with E-state index in [1.807, 2.05) is 18.4 Å². The zero-order valence-electron chi connectivity index (χ0n) is 17.2. The molecule has 1 unspecified atom stereocenters. The Morgan fingerprint density at radius 2 is 2.00 bits per heavy atom. The molecule has 0 aromatic carbocycles. The highest BCUT2D eigenvalue weighted by Crippen LogP contribution is 2.27. The number of nitrogens with one attached hydrogen (secondary N) is 2. The molecule has 0 amide bonds. The molecule has 6 nitrogen and oxygen atoms in total. The molecule has 0 aliphatic carbocycles. The lowest BCUT2D eigenvalue weighted by Crippen LogP contribution is -2.46. The average Bonchev–Trinajstić information content (AvgIpc) is 3.26. The Morgan fingerprint density at radius 3 is 2.61 bits per heavy atom. The molecule has 0 radical (unpaired) electrons. The second-order valence-electron chi connectivity index (χ2n) is 6.98. The van der Waals surface area contributed by atoms with Crippen molar-refractivity contribution >= 4 is 28.6 Å². The third kappa shape index (κ3) is 5.76. The molecule has 1 aliphatic heterocycles. The second kappa shape index (κ2) is 10.3. The molecule has 0 bridgehead atoms. The van der Waals surface area contributed by atoms with E-state index in [1.165, 1.54) is 14.6 Å². The van der Waals surface area contributed by atoms with Gasteiger partial charge >= 0.3 is 0 Å². The van der Waals surface area contributed by atoms with Crippen molar-refractivity contribution in [1.29, 1.82) is 0 Å². The van der Waals surface area contributed by atoms with Crippen molar-refractivity contribution in [2.24, 2.45) is 4.99 Å². The topological polar surface area (TPSA) is 61.8 Å². The van der Waals surface area contributed by atoms with Crippen molar-refractivity contribution in [2.75, 3.05) is 46.4 Å². The van der Waals surface area contributed by atoms with Gasteiger partial charge in [0.25, 0.3) is 0 Å². The highest BCUT2D eigenvalue weighted by atomic mass is 32.1. The molecule has 0 spiro atoms. The molecule has 2 aromatic rings. The molecule has 3 rings (SSSR count). The van der Waals surface area contributed by atoms with Crippen LogP contribution in [0.25, 0.3) is 0 Å². The molecule has 28 heavy (non-hydrogen) atoms. The minimum Gasteiger partial charge on any atom is -0.379 e. The number of guanidine groups is 1. The minimum absolute atomic E-state index is 0.340. The van der Waals surface area contributed by atoms with Gasteiger partial charge in [-0.05, 0) is 32.9 Å². The van der Waals surface area contributed by atoms with E-state index in [0.717, 1.165) is 62.5 Å². The van der Waals surface area contributed by atoms with Gasteiger partial charge in [0.05, 0.1) is 30.0 Å². The fourth-order valence-electron chi connectivity index (χ4n) is 3.45. The molecule has 1 saturated heterocycles. The first kappa shape index (κ1) is 21.2. The van der Waals surface area contributed by atoms with Gasteiger partial charge in [-0.1, -0.05) is 0 Å². The van der Waals surface area contributed by atoms with Crippen LogP contribution in [0.5, 0.6) is 0 Å². The maximum Gasteiger partial charge on any atom is 0.191 e. The van der Waals surface area contributed by atoms with E-state index < -0.39 is 0 Å². The molecule has 1 fully saturated rings. The van der Waals surface area contributed by atoms with Gasteiger partial charge in [0.15, 0.2) is 5.96 Å². The normalized spacial score (nSPS) is 16.9. The molecule has 1 aliphatic rings. The van der Waals surface area contributed by atoms with Gasteiger partial charge in [-0.3, -0.25) is 9.89 Å². The standard InChI is InChI=1S/C20H31N5OS2/c1-14-5-6-19(27-14)17(25-9-11-26-12-10-25)13-23-20(21-4)22-8-7-18-15(2)24-16(3)28-18/h5-6,17H,7-13H2,1-4H3,(H2,21,22,23). The van der Waals surface area contributed by atoms with Crippen LogP contribution in [0.2, 0.25) is 0 Å². The summed E-state index contributed by atoms with van der Waals surface area (Å²) in [6.07, 6.45) is 0.967. The summed E-state index contributed by atoms with van der Waals surface area (Å²) in [7, 11) is 1.83. The average molecular weight is 422 g/mol. The summed E-state index contributed by atoms with van der Waals surface area (Å²) >= 11 is 3.66. The Bertz CT molecular complexity index is 779. The molecule has 2 aromatic heterocycles. The Labute approximate surface area is 176 Å².